The smallest absolute Gasteiger partial charge is 0.162 e. The number of alkyl halides is 1. The Labute approximate surface area is 93.7 Å². The van der Waals surface area contributed by atoms with E-state index in [0.717, 1.165) is 5.56 Å². The lowest BCUT2D eigenvalue weighted by molar-refractivity contribution is 0.354. The van der Waals surface area contributed by atoms with Crippen molar-refractivity contribution in [3.05, 3.63) is 22.7 Å². The molecule has 0 bridgehead atoms. The van der Waals surface area contributed by atoms with Gasteiger partial charge in [-0.3, -0.25) is 0 Å². The largest absolute Gasteiger partial charge is 0.493 e. The second-order valence-electron chi connectivity index (χ2n) is 2.84. The predicted molar refractivity (Wildman–Crippen MR) is 58.8 cm³/mol. The van der Waals surface area contributed by atoms with Gasteiger partial charge in [-0.25, -0.2) is 0 Å². The molecule has 0 spiro atoms. The standard InChI is InChI=1S/C10H12Cl2O2/c1-6(11)7-4-9(13-2)10(14-3)5-8(7)12/h4-6H,1-3H3. The van der Waals surface area contributed by atoms with Crippen LogP contribution in [0.4, 0.5) is 0 Å². The number of hydrogen-bond donors (Lipinski definition) is 0. The molecule has 1 atom stereocenters. The Bertz CT molecular complexity index is 324. The number of methoxy groups -OCH3 is 2. The molecule has 1 unspecified atom stereocenters. The van der Waals surface area contributed by atoms with E-state index in [-0.39, 0.29) is 5.38 Å². The molecule has 0 saturated carbocycles. The quantitative estimate of drug-likeness (QED) is 0.744. The Balaban J connectivity index is 3.23. The van der Waals surface area contributed by atoms with E-state index in [0.29, 0.717) is 16.5 Å². The van der Waals surface area contributed by atoms with Gasteiger partial charge in [0.05, 0.1) is 19.6 Å². The normalized spacial score (nSPS) is 12.4. The topological polar surface area (TPSA) is 18.5 Å². The highest BCUT2D eigenvalue weighted by molar-refractivity contribution is 6.33. The van der Waals surface area contributed by atoms with E-state index in [1.54, 1.807) is 26.4 Å². The van der Waals surface area contributed by atoms with Gasteiger partial charge in [0, 0.05) is 11.1 Å². The van der Waals surface area contributed by atoms with Crippen molar-refractivity contribution in [1.29, 1.82) is 0 Å². The predicted octanol–water partition coefficient (Wildman–Crippen LogP) is 3.66. The van der Waals surface area contributed by atoms with Crippen LogP contribution >= 0.6 is 23.2 Å². The Morgan fingerprint density at radius 2 is 1.64 bits per heavy atom. The zero-order valence-corrected chi connectivity index (χ0v) is 9.82. The minimum absolute atomic E-state index is 0.151. The first-order valence-corrected chi connectivity index (χ1v) is 4.97. The number of ether oxygens (including phenoxy) is 2. The fourth-order valence-electron chi connectivity index (χ4n) is 1.17. The molecule has 0 saturated heterocycles. The van der Waals surface area contributed by atoms with Crippen LogP contribution < -0.4 is 9.47 Å². The summed E-state index contributed by atoms with van der Waals surface area (Å²) >= 11 is 12.0. The van der Waals surface area contributed by atoms with Gasteiger partial charge >= 0.3 is 0 Å². The third-order valence-corrected chi connectivity index (χ3v) is 2.49. The molecular weight excluding hydrogens is 223 g/mol. The fraction of sp³-hybridized carbons (Fsp3) is 0.400. The van der Waals surface area contributed by atoms with Crippen molar-refractivity contribution in [2.24, 2.45) is 0 Å². The van der Waals surface area contributed by atoms with E-state index in [1.165, 1.54) is 0 Å². The number of benzene rings is 1. The molecule has 0 aliphatic rings. The first-order chi connectivity index (χ1) is 6.60. The van der Waals surface area contributed by atoms with E-state index in [1.807, 2.05) is 6.92 Å². The fourth-order valence-corrected chi connectivity index (χ4v) is 1.73. The van der Waals surface area contributed by atoms with Crippen LogP contribution in [0.25, 0.3) is 0 Å². The zero-order chi connectivity index (χ0) is 10.7. The van der Waals surface area contributed by atoms with Gasteiger partial charge in [-0.15, -0.1) is 11.6 Å². The summed E-state index contributed by atoms with van der Waals surface area (Å²) in [5, 5.41) is 0.437. The molecule has 0 amide bonds. The molecule has 0 N–H and O–H groups in total. The van der Waals surface area contributed by atoms with Gasteiger partial charge in [-0.1, -0.05) is 11.6 Å². The average molecular weight is 235 g/mol. The van der Waals surface area contributed by atoms with E-state index < -0.39 is 0 Å². The summed E-state index contributed by atoms with van der Waals surface area (Å²) in [6.45, 7) is 1.86. The Morgan fingerprint density at radius 3 is 2.07 bits per heavy atom. The summed E-state index contributed by atoms with van der Waals surface area (Å²) in [6.07, 6.45) is 0. The maximum atomic E-state index is 6.01. The zero-order valence-electron chi connectivity index (χ0n) is 8.30. The molecule has 0 aliphatic heterocycles. The summed E-state index contributed by atoms with van der Waals surface area (Å²) < 4.78 is 10.2. The maximum Gasteiger partial charge on any atom is 0.162 e. The van der Waals surface area contributed by atoms with Crippen molar-refractivity contribution in [3.8, 4) is 11.5 Å². The van der Waals surface area contributed by atoms with Crippen molar-refractivity contribution in [1.82, 2.24) is 0 Å². The van der Waals surface area contributed by atoms with Crippen LogP contribution in [0.15, 0.2) is 12.1 Å². The Morgan fingerprint density at radius 1 is 1.14 bits per heavy atom. The molecule has 0 radical (unpaired) electrons. The second-order valence-corrected chi connectivity index (χ2v) is 3.91. The van der Waals surface area contributed by atoms with Crippen molar-refractivity contribution in [2.75, 3.05) is 14.2 Å². The summed E-state index contributed by atoms with van der Waals surface area (Å²) in [5.41, 5.74) is 0.839. The van der Waals surface area contributed by atoms with Gasteiger partial charge in [0.1, 0.15) is 0 Å². The van der Waals surface area contributed by atoms with Crippen LogP contribution in [-0.4, -0.2) is 14.2 Å². The van der Waals surface area contributed by atoms with Gasteiger partial charge in [-0.2, -0.15) is 0 Å². The van der Waals surface area contributed by atoms with Gasteiger partial charge in [-0.05, 0) is 18.6 Å². The lowest BCUT2D eigenvalue weighted by Gasteiger charge is -2.12. The third kappa shape index (κ3) is 2.25. The minimum atomic E-state index is -0.151. The summed E-state index contributed by atoms with van der Waals surface area (Å²) in [5.74, 6) is 1.25. The Kier molecular flexibility index (Phi) is 3.90. The Hall–Kier alpha value is -0.600. The monoisotopic (exact) mass is 234 g/mol. The van der Waals surface area contributed by atoms with E-state index in [4.69, 9.17) is 32.7 Å². The molecular formula is C10H12Cl2O2. The second kappa shape index (κ2) is 4.76. The van der Waals surface area contributed by atoms with Crippen LogP contribution in [-0.2, 0) is 0 Å². The summed E-state index contributed by atoms with van der Waals surface area (Å²) in [4.78, 5) is 0. The average Bonchev–Trinajstić information content (AvgIpc) is 2.16. The number of rotatable bonds is 3. The van der Waals surface area contributed by atoms with E-state index >= 15 is 0 Å². The number of hydrogen-bond acceptors (Lipinski definition) is 2. The van der Waals surface area contributed by atoms with Crippen molar-refractivity contribution in [2.45, 2.75) is 12.3 Å². The van der Waals surface area contributed by atoms with Crippen molar-refractivity contribution >= 4 is 23.2 Å². The molecule has 4 heteroatoms. The lowest BCUT2D eigenvalue weighted by atomic mass is 10.1. The van der Waals surface area contributed by atoms with E-state index in [2.05, 4.69) is 0 Å². The molecule has 78 valence electrons. The SMILES string of the molecule is COc1cc(Cl)c(C(C)Cl)cc1OC. The molecule has 14 heavy (non-hydrogen) atoms. The molecule has 0 aromatic heterocycles. The van der Waals surface area contributed by atoms with Crippen molar-refractivity contribution in [3.63, 3.8) is 0 Å². The molecule has 0 aliphatic carbocycles. The van der Waals surface area contributed by atoms with Gasteiger partial charge in [0.15, 0.2) is 11.5 Å². The van der Waals surface area contributed by atoms with Crippen LogP contribution in [0, 0.1) is 0 Å². The van der Waals surface area contributed by atoms with Crippen molar-refractivity contribution < 1.29 is 9.47 Å². The van der Waals surface area contributed by atoms with E-state index in [9.17, 15) is 0 Å². The first kappa shape index (κ1) is 11.5. The minimum Gasteiger partial charge on any atom is -0.493 e. The van der Waals surface area contributed by atoms with Crippen LogP contribution in [0.1, 0.15) is 17.9 Å². The molecule has 0 fully saturated rings. The van der Waals surface area contributed by atoms with Gasteiger partial charge in [0.2, 0.25) is 0 Å². The van der Waals surface area contributed by atoms with Crippen LogP contribution in [0.5, 0.6) is 11.5 Å². The van der Waals surface area contributed by atoms with Gasteiger partial charge in [0.25, 0.3) is 0 Å². The maximum absolute atomic E-state index is 6.01. The number of halogens is 2. The highest BCUT2D eigenvalue weighted by Crippen LogP contribution is 2.37. The first-order valence-electron chi connectivity index (χ1n) is 4.15. The third-order valence-electron chi connectivity index (χ3n) is 1.93. The van der Waals surface area contributed by atoms with Crippen LogP contribution in [0.3, 0.4) is 0 Å². The van der Waals surface area contributed by atoms with Gasteiger partial charge < -0.3 is 9.47 Å². The molecule has 0 heterocycles. The summed E-state index contributed by atoms with van der Waals surface area (Å²) in [6, 6.07) is 3.49. The molecule has 1 aromatic rings. The lowest BCUT2D eigenvalue weighted by Crippen LogP contribution is -1.94. The van der Waals surface area contributed by atoms with Crippen LogP contribution in [0.2, 0.25) is 5.02 Å². The highest BCUT2D eigenvalue weighted by atomic mass is 35.5. The highest BCUT2D eigenvalue weighted by Gasteiger charge is 2.12. The molecule has 1 aromatic carbocycles. The molecule has 2 nitrogen and oxygen atoms in total. The molecule has 1 rings (SSSR count). The summed E-state index contributed by atoms with van der Waals surface area (Å²) in [7, 11) is 3.15.